The minimum Gasteiger partial charge on any atom is -0.322 e. The van der Waals surface area contributed by atoms with E-state index in [-0.39, 0.29) is 11.6 Å². The van der Waals surface area contributed by atoms with Crippen molar-refractivity contribution in [2.24, 2.45) is 0 Å². The molecule has 1 aliphatic rings. The SMILES string of the molecule is FC(F)(c1ccc(Cl)cc1)c1noc(N2CCNCC2)n1. The van der Waals surface area contributed by atoms with E-state index in [1.165, 1.54) is 24.3 Å². The summed E-state index contributed by atoms with van der Waals surface area (Å²) in [6.07, 6.45) is 0. The Morgan fingerprint density at radius 3 is 2.52 bits per heavy atom. The van der Waals surface area contributed by atoms with Crippen LogP contribution < -0.4 is 10.2 Å². The Labute approximate surface area is 124 Å². The van der Waals surface area contributed by atoms with E-state index in [1.807, 2.05) is 0 Å². The zero-order valence-electron chi connectivity index (χ0n) is 11.0. The van der Waals surface area contributed by atoms with E-state index in [4.69, 9.17) is 16.1 Å². The second-order valence-electron chi connectivity index (χ2n) is 4.72. The highest BCUT2D eigenvalue weighted by Gasteiger charge is 2.40. The minimum absolute atomic E-state index is 0.125. The van der Waals surface area contributed by atoms with Crippen LogP contribution in [0.25, 0.3) is 0 Å². The van der Waals surface area contributed by atoms with Crippen LogP contribution in [-0.2, 0) is 5.92 Å². The van der Waals surface area contributed by atoms with Gasteiger partial charge in [-0.3, -0.25) is 0 Å². The molecule has 1 aromatic heterocycles. The lowest BCUT2D eigenvalue weighted by atomic mass is 10.1. The van der Waals surface area contributed by atoms with Gasteiger partial charge in [0, 0.05) is 36.8 Å². The zero-order valence-corrected chi connectivity index (χ0v) is 11.8. The number of halogens is 3. The van der Waals surface area contributed by atoms with Gasteiger partial charge in [0.1, 0.15) is 0 Å². The number of hydrogen-bond acceptors (Lipinski definition) is 5. The standard InChI is InChI=1S/C13H13ClF2N4O/c14-10-3-1-9(2-4-10)13(15,16)11-18-12(21-19-11)20-7-5-17-6-8-20/h1-4,17H,5-8H2. The van der Waals surface area contributed by atoms with Crippen LogP contribution in [0.15, 0.2) is 28.8 Å². The Morgan fingerprint density at radius 2 is 1.86 bits per heavy atom. The molecule has 1 aliphatic heterocycles. The summed E-state index contributed by atoms with van der Waals surface area (Å²) < 4.78 is 33.6. The maximum absolute atomic E-state index is 14.3. The van der Waals surface area contributed by atoms with Gasteiger partial charge in [0.05, 0.1) is 0 Å². The molecular weight excluding hydrogens is 302 g/mol. The summed E-state index contributed by atoms with van der Waals surface area (Å²) in [4.78, 5) is 5.62. The van der Waals surface area contributed by atoms with Gasteiger partial charge in [-0.05, 0) is 12.1 Å². The van der Waals surface area contributed by atoms with E-state index in [0.717, 1.165) is 13.1 Å². The van der Waals surface area contributed by atoms with E-state index < -0.39 is 11.7 Å². The van der Waals surface area contributed by atoms with Crippen molar-refractivity contribution in [1.82, 2.24) is 15.5 Å². The maximum atomic E-state index is 14.3. The van der Waals surface area contributed by atoms with E-state index in [0.29, 0.717) is 18.1 Å². The third-order valence-corrected chi connectivity index (χ3v) is 3.54. The number of benzene rings is 1. The lowest BCUT2D eigenvalue weighted by Crippen LogP contribution is -2.43. The highest BCUT2D eigenvalue weighted by atomic mass is 35.5. The van der Waals surface area contributed by atoms with Gasteiger partial charge in [-0.25, -0.2) is 0 Å². The number of rotatable bonds is 3. The summed E-state index contributed by atoms with van der Waals surface area (Å²) in [5.41, 5.74) is -0.223. The Morgan fingerprint density at radius 1 is 1.19 bits per heavy atom. The van der Waals surface area contributed by atoms with Gasteiger partial charge in [-0.15, -0.1) is 0 Å². The molecule has 112 valence electrons. The molecule has 0 bridgehead atoms. The molecule has 2 aromatic rings. The number of nitrogens with zero attached hydrogens (tertiary/aromatic N) is 3. The first kappa shape index (κ1) is 14.2. The van der Waals surface area contributed by atoms with Gasteiger partial charge >= 0.3 is 11.9 Å². The highest BCUT2D eigenvalue weighted by Crippen LogP contribution is 2.35. The second kappa shape index (κ2) is 5.57. The minimum atomic E-state index is -3.32. The predicted molar refractivity (Wildman–Crippen MR) is 73.8 cm³/mol. The normalized spacial score (nSPS) is 16.2. The maximum Gasteiger partial charge on any atom is 0.335 e. The Kier molecular flexibility index (Phi) is 3.77. The third-order valence-electron chi connectivity index (χ3n) is 3.29. The first-order chi connectivity index (χ1) is 10.1. The molecule has 1 aromatic carbocycles. The van der Waals surface area contributed by atoms with Crippen molar-refractivity contribution in [3.8, 4) is 0 Å². The molecule has 5 nitrogen and oxygen atoms in total. The largest absolute Gasteiger partial charge is 0.335 e. The quantitative estimate of drug-likeness (QED) is 0.942. The summed E-state index contributed by atoms with van der Waals surface area (Å²) in [5, 5.41) is 6.98. The molecule has 0 spiro atoms. The van der Waals surface area contributed by atoms with Crippen LogP contribution in [0.3, 0.4) is 0 Å². The Bertz CT molecular complexity index is 611. The van der Waals surface area contributed by atoms with Crippen molar-refractivity contribution in [3.63, 3.8) is 0 Å². The van der Waals surface area contributed by atoms with Gasteiger partial charge < -0.3 is 14.7 Å². The van der Waals surface area contributed by atoms with E-state index in [1.54, 1.807) is 4.90 Å². The van der Waals surface area contributed by atoms with E-state index in [2.05, 4.69) is 15.5 Å². The van der Waals surface area contributed by atoms with Crippen molar-refractivity contribution in [2.45, 2.75) is 5.92 Å². The Hall–Kier alpha value is -1.73. The van der Waals surface area contributed by atoms with Crippen LogP contribution in [0.2, 0.25) is 5.02 Å². The number of aromatic nitrogens is 2. The van der Waals surface area contributed by atoms with Crippen LogP contribution in [0.5, 0.6) is 0 Å². The van der Waals surface area contributed by atoms with Crippen molar-refractivity contribution in [3.05, 3.63) is 40.7 Å². The number of alkyl halides is 2. The fourth-order valence-electron chi connectivity index (χ4n) is 2.12. The predicted octanol–water partition coefficient (Wildman–Crippen LogP) is 2.27. The lowest BCUT2D eigenvalue weighted by Gasteiger charge is -2.24. The zero-order chi connectivity index (χ0) is 14.9. The van der Waals surface area contributed by atoms with Crippen molar-refractivity contribution in [2.75, 3.05) is 31.1 Å². The molecule has 21 heavy (non-hydrogen) atoms. The molecule has 8 heteroatoms. The molecule has 0 amide bonds. The summed E-state index contributed by atoms with van der Waals surface area (Å²) in [7, 11) is 0. The van der Waals surface area contributed by atoms with Crippen molar-refractivity contribution in [1.29, 1.82) is 0 Å². The van der Waals surface area contributed by atoms with Gasteiger partial charge in [0.25, 0.3) is 0 Å². The number of hydrogen-bond donors (Lipinski definition) is 1. The topological polar surface area (TPSA) is 54.2 Å². The van der Waals surface area contributed by atoms with Crippen LogP contribution in [-0.4, -0.2) is 36.3 Å². The van der Waals surface area contributed by atoms with Gasteiger partial charge in [0.15, 0.2) is 0 Å². The molecule has 0 radical (unpaired) electrons. The van der Waals surface area contributed by atoms with Crippen LogP contribution >= 0.6 is 11.6 Å². The molecule has 0 unspecified atom stereocenters. The molecule has 3 rings (SSSR count). The fraction of sp³-hybridized carbons (Fsp3) is 0.385. The molecule has 0 atom stereocenters. The fourth-order valence-corrected chi connectivity index (χ4v) is 2.24. The summed E-state index contributed by atoms with van der Waals surface area (Å²) in [6, 6.07) is 5.44. The van der Waals surface area contributed by atoms with Gasteiger partial charge in [-0.2, -0.15) is 13.8 Å². The molecule has 0 aliphatic carbocycles. The van der Waals surface area contributed by atoms with E-state index >= 15 is 0 Å². The van der Waals surface area contributed by atoms with Crippen molar-refractivity contribution < 1.29 is 13.3 Å². The van der Waals surface area contributed by atoms with Crippen LogP contribution in [0, 0.1) is 0 Å². The Balaban J connectivity index is 1.85. The second-order valence-corrected chi connectivity index (χ2v) is 5.16. The van der Waals surface area contributed by atoms with Crippen molar-refractivity contribution >= 4 is 17.6 Å². The average molecular weight is 315 g/mol. The summed E-state index contributed by atoms with van der Waals surface area (Å²) >= 11 is 5.71. The number of anilines is 1. The lowest BCUT2D eigenvalue weighted by molar-refractivity contribution is 0.0304. The molecule has 2 heterocycles. The van der Waals surface area contributed by atoms with Crippen LogP contribution in [0.4, 0.5) is 14.8 Å². The first-order valence-electron chi connectivity index (χ1n) is 6.51. The first-order valence-corrected chi connectivity index (χ1v) is 6.89. The van der Waals surface area contributed by atoms with Gasteiger partial charge in [-0.1, -0.05) is 28.9 Å². The molecule has 1 fully saturated rings. The van der Waals surface area contributed by atoms with Gasteiger partial charge in [0.2, 0.25) is 5.82 Å². The number of piperazine rings is 1. The van der Waals surface area contributed by atoms with E-state index in [9.17, 15) is 8.78 Å². The average Bonchev–Trinajstić information content (AvgIpc) is 2.99. The summed E-state index contributed by atoms with van der Waals surface area (Å²) in [5.74, 6) is -3.96. The highest BCUT2D eigenvalue weighted by molar-refractivity contribution is 6.30. The third kappa shape index (κ3) is 2.84. The van der Waals surface area contributed by atoms with Crippen LogP contribution in [0.1, 0.15) is 11.4 Å². The smallest absolute Gasteiger partial charge is 0.322 e. The molecule has 1 saturated heterocycles. The number of nitrogens with one attached hydrogen (secondary N) is 1. The molecular formula is C13H13ClF2N4O. The molecule has 0 saturated carbocycles. The molecule has 1 N–H and O–H groups in total. The summed E-state index contributed by atoms with van der Waals surface area (Å²) in [6.45, 7) is 2.80. The monoisotopic (exact) mass is 314 g/mol.